The molecule has 116 valence electrons. The summed E-state index contributed by atoms with van der Waals surface area (Å²) in [4.78, 5) is 2.54. The quantitative estimate of drug-likeness (QED) is 0.765. The van der Waals surface area contributed by atoms with E-state index in [0.717, 1.165) is 19.5 Å². The molecule has 1 heterocycles. The molecule has 1 N–H and O–H groups in total. The van der Waals surface area contributed by atoms with Crippen LogP contribution < -0.4 is 5.32 Å². The summed E-state index contributed by atoms with van der Waals surface area (Å²) in [7, 11) is 0. The molecule has 2 heteroatoms. The number of likely N-dealkylation sites (tertiary alicyclic amines) is 1. The van der Waals surface area contributed by atoms with Gasteiger partial charge in [-0.15, -0.1) is 0 Å². The Bertz CT molecular complexity index is 542. The molecular weight excluding hydrogens is 268 g/mol. The van der Waals surface area contributed by atoms with Gasteiger partial charge >= 0.3 is 0 Å². The number of hydrogen-bond donors (Lipinski definition) is 1. The molecule has 22 heavy (non-hydrogen) atoms. The van der Waals surface area contributed by atoms with Crippen molar-refractivity contribution in [2.75, 3.05) is 25.0 Å². The highest BCUT2D eigenvalue weighted by atomic mass is 15.1. The minimum absolute atomic E-state index is 1.03. The molecule has 0 radical (unpaired) electrons. The molecule has 0 amide bonds. The first-order valence-corrected chi connectivity index (χ1v) is 8.49. The van der Waals surface area contributed by atoms with Crippen molar-refractivity contribution in [3.63, 3.8) is 0 Å². The van der Waals surface area contributed by atoms with Crippen molar-refractivity contribution >= 4 is 5.69 Å². The number of nitrogens with one attached hydrogen (secondary N) is 1. The number of rotatable bonds is 7. The van der Waals surface area contributed by atoms with Crippen LogP contribution >= 0.6 is 0 Å². The van der Waals surface area contributed by atoms with Gasteiger partial charge in [-0.2, -0.15) is 0 Å². The van der Waals surface area contributed by atoms with Crippen molar-refractivity contribution in [3.8, 4) is 0 Å². The van der Waals surface area contributed by atoms with Crippen molar-refractivity contribution in [1.29, 1.82) is 0 Å². The highest BCUT2D eigenvalue weighted by Gasteiger charge is 2.11. The Morgan fingerprint density at radius 1 is 0.818 bits per heavy atom. The van der Waals surface area contributed by atoms with Gasteiger partial charge < -0.3 is 5.32 Å². The third-order valence-corrected chi connectivity index (χ3v) is 4.37. The summed E-state index contributed by atoms with van der Waals surface area (Å²) < 4.78 is 0. The monoisotopic (exact) mass is 294 g/mol. The largest absolute Gasteiger partial charge is 0.385 e. The second kappa shape index (κ2) is 8.00. The molecule has 2 aromatic rings. The molecule has 1 fully saturated rings. The lowest BCUT2D eigenvalue weighted by molar-refractivity contribution is 0.331. The zero-order valence-electron chi connectivity index (χ0n) is 13.3. The lowest BCUT2D eigenvalue weighted by atomic mass is 10.1. The van der Waals surface area contributed by atoms with Gasteiger partial charge in [0.15, 0.2) is 0 Å². The minimum Gasteiger partial charge on any atom is -0.385 e. The van der Waals surface area contributed by atoms with Crippen molar-refractivity contribution in [1.82, 2.24) is 4.90 Å². The molecule has 0 unspecified atom stereocenters. The molecule has 2 aromatic carbocycles. The van der Waals surface area contributed by atoms with E-state index >= 15 is 0 Å². The van der Waals surface area contributed by atoms with Gasteiger partial charge in [-0.1, -0.05) is 42.5 Å². The van der Waals surface area contributed by atoms with Crippen molar-refractivity contribution < 1.29 is 0 Å². The number of nitrogens with zero attached hydrogens (tertiary/aromatic N) is 1. The van der Waals surface area contributed by atoms with E-state index in [-0.39, 0.29) is 0 Å². The highest BCUT2D eigenvalue weighted by molar-refractivity contribution is 5.44. The molecule has 2 nitrogen and oxygen atoms in total. The minimum atomic E-state index is 1.03. The number of benzene rings is 2. The molecule has 1 aliphatic heterocycles. The maximum absolute atomic E-state index is 3.52. The Morgan fingerprint density at radius 3 is 2.27 bits per heavy atom. The first-order valence-electron chi connectivity index (χ1n) is 8.49. The zero-order chi connectivity index (χ0) is 15.0. The first-order chi connectivity index (χ1) is 10.9. The smallest absolute Gasteiger partial charge is 0.0340 e. The summed E-state index contributed by atoms with van der Waals surface area (Å²) in [6.07, 6.45) is 5.03. The average Bonchev–Trinajstić information content (AvgIpc) is 3.07. The van der Waals surface area contributed by atoms with Crippen LogP contribution in [0.5, 0.6) is 0 Å². The highest BCUT2D eigenvalue weighted by Crippen LogP contribution is 2.15. The molecular formula is C20H26N2. The van der Waals surface area contributed by atoms with Crippen LogP contribution in [-0.2, 0) is 13.0 Å². The molecule has 0 aliphatic carbocycles. The summed E-state index contributed by atoms with van der Waals surface area (Å²) in [5.41, 5.74) is 4.08. The lowest BCUT2D eigenvalue weighted by Gasteiger charge is -2.15. The van der Waals surface area contributed by atoms with Gasteiger partial charge in [-0.05, 0) is 62.0 Å². The van der Waals surface area contributed by atoms with Gasteiger partial charge in [0.1, 0.15) is 0 Å². The molecule has 1 aliphatic rings. The predicted molar refractivity (Wildman–Crippen MR) is 94.2 cm³/mol. The maximum Gasteiger partial charge on any atom is 0.0340 e. The SMILES string of the molecule is c1ccc(CCCNc2ccc(CN3CCCC3)cc2)cc1. The van der Waals surface area contributed by atoms with Crippen LogP contribution in [0.2, 0.25) is 0 Å². The first kappa shape index (κ1) is 15.1. The van der Waals surface area contributed by atoms with E-state index in [4.69, 9.17) is 0 Å². The Morgan fingerprint density at radius 2 is 1.55 bits per heavy atom. The summed E-state index contributed by atoms with van der Waals surface area (Å²) in [6, 6.07) is 19.7. The Kier molecular flexibility index (Phi) is 5.49. The summed E-state index contributed by atoms with van der Waals surface area (Å²) in [5, 5.41) is 3.52. The molecule has 0 aromatic heterocycles. The molecule has 0 saturated carbocycles. The van der Waals surface area contributed by atoms with Crippen molar-refractivity contribution in [2.45, 2.75) is 32.2 Å². The fraction of sp³-hybridized carbons (Fsp3) is 0.400. The summed E-state index contributed by atoms with van der Waals surface area (Å²) in [5.74, 6) is 0. The molecule has 0 spiro atoms. The van der Waals surface area contributed by atoms with Crippen LogP contribution in [-0.4, -0.2) is 24.5 Å². The molecule has 3 rings (SSSR count). The second-order valence-electron chi connectivity index (χ2n) is 6.20. The average molecular weight is 294 g/mol. The maximum atomic E-state index is 3.52. The van der Waals surface area contributed by atoms with Crippen LogP contribution in [0, 0.1) is 0 Å². The van der Waals surface area contributed by atoms with Crippen LogP contribution in [0.4, 0.5) is 5.69 Å². The Hall–Kier alpha value is -1.80. The molecule has 0 atom stereocenters. The number of hydrogen-bond acceptors (Lipinski definition) is 2. The Labute approximate surface area is 134 Å². The van der Waals surface area contributed by atoms with Crippen LogP contribution in [0.3, 0.4) is 0 Å². The van der Waals surface area contributed by atoms with E-state index in [2.05, 4.69) is 64.8 Å². The fourth-order valence-corrected chi connectivity index (χ4v) is 3.10. The van der Waals surface area contributed by atoms with Gasteiger partial charge in [0.25, 0.3) is 0 Å². The fourth-order valence-electron chi connectivity index (χ4n) is 3.10. The van der Waals surface area contributed by atoms with Crippen LogP contribution in [0.15, 0.2) is 54.6 Å². The van der Waals surface area contributed by atoms with Gasteiger partial charge in [0.05, 0.1) is 0 Å². The van der Waals surface area contributed by atoms with E-state index in [9.17, 15) is 0 Å². The molecule has 1 saturated heterocycles. The van der Waals surface area contributed by atoms with E-state index in [1.165, 1.54) is 49.2 Å². The van der Waals surface area contributed by atoms with Gasteiger partial charge in [0.2, 0.25) is 0 Å². The van der Waals surface area contributed by atoms with E-state index in [1.54, 1.807) is 0 Å². The number of aryl methyl sites for hydroxylation is 1. The van der Waals surface area contributed by atoms with Crippen molar-refractivity contribution in [2.24, 2.45) is 0 Å². The third-order valence-electron chi connectivity index (χ3n) is 4.37. The van der Waals surface area contributed by atoms with Crippen molar-refractivity contribution in [3.05, 3.63) is 65.7 Å². The van der Waals surface area contributed by atoms with Gasteiger partial charge in [-0.25, -0.2) is 0 Å². The third kappa shape index (κ3) is 4.60. The van der Waals surface area contributed by atoms with Gasteiger partial charge in [-0.3, -0.25) is 4.90 Å². The standard InChI is InChI=1S/C20H26N2/c1-2-7-18(8-3-1)9-6-14-21-20-12-10-19(11-13-20)17-22-15-4-5-16-22/h1-3,7-8,10-13,21H,4-6,9,14-17H2. The van der Waals surface area contributed by atoms with Crippen LogP contribution in [0.25, 0.3) is 0 Å². The van der Waals surface area contributed by atoms with Crippen LogP contribution in [0.1, 0.15) is 30.4 Å². The Balaban J connectivity index is 1.39. The van der Waals surface area contributed by atoms with E-state index in [1.807, 2.05) is 0 Å². The zero-order valence-corrected chi connectivity index (χ0v) is 13.3. The van der Waals surface area contributed by atoms with Gasteiger partial charge in [0, 0.05) is 18.8 Å². The molecule has 0 bridgehead atoms. The topological polar surface area (TPSA) is 15.3 Å². The van der Waals surface area contributed by atoms with E-state index < -0.39 is 0 Å². The number of anilines is 1. The summed E-state index contributed by atoms with van der Waals surface area (Å²) >= 11 is 0. The summed E-state index contributed by atoms with van der Waals surface area (Å²) in [6.45, 7) is 4.66. The second-order valence-corrected chi connectivity index (χ2v) is 6.20. The normalized spacial score (nSPS) is 15.1. The predicted octanol–water partition coefficient (Wildman–Crippen LogP) is 4.33. The lowest BCUT2D eigenvalue weighted by Crippen LogP contribution is -2.18. The van der Waals surface area contributed by atoms with E-state index in [0.29, 0.717) is 0 Å².